The van der Waals surface area contributed by atoms with E-state index < -0.39 is 0 Å². The summed E-state index contributed by atoms with van der Waals surface area (Å²) < 4.78 is 2.07. The topological polar surface area (TPSA) is 50.1 Å². The van der Waals surface area contributed by atoms with Gasteiger partial charge in [-0.1, -0.05) is 0 Å². The highest BCUT2D eigenvalue weighted by molar-refractivity contribution is 5.85. The molecule has 1 aromatic rings. The van der Waals surface area contributed by atoms with Crippen molar-refractivity contribution < 1.29 is 5.11 Å². The molecule has 4 nitrogen and oxygen atoms in total. The first-order chi connectivity index (χ1) is 5.88. The Morgan fingerprint density at radius 2 is 2.21 bits per heavy atom. The number of aliphatic hydroxyl groups is 1. The monoisotopic (exact) mass is 241 g/mol. The Balaban J connectivity index is 0. The van der Waals surface area contributed by atoms with Crippen LogP contribution in [0.1, 0.15) is 12.7 Å². The third-order valence-corrected chi connectivity index (χ3v) is 1.71. The molecule has 0 amide bonds. The van der Waals surface area contributed by atoms with Crippen molar-refractivity contribution >= 4 is 24.8 Å². The largest absolute Gasteiger partial charge is 0.395 e. The number of hydrogen-bond acceptors (Lipinski definition) is 3. The van der Waals surface area contributed by atoms with Crippen molar-refractivity contribution in [2.75, 3.05) is 13.2 Å². The van der Waals surface area contributed by atoms with Crippen LogP contribution < -0.4 is 5.32 Å². The molecule has 0 aromatic carbocycles. The van der Waals surface area contributed by atoms with Gasteiger partial charge in [0.1, 0.15) is 5.82 Å². The maximum atomic E-state index is 8.53. The fraction of sp³-hybridized carbons (Fsp3) is 0.625. The Morgan fingerprint density at radius 3 is 2.79 bits per heavy atom. The van der Waals surface area contributed by atoms with E-state index in [1.807, 2.05) is 6.20 Å². The maximum Gasteiger partial charge on any atom is 0.122 e. The van der Waals surface area contributed by atoms with E-state index in [9.17, 15) is 0 Å². The summed E-state index contributed by atoms with van der Waals surface area (Å²) in [5.74, 6) is 1.02. The normalized spacial score (nSPS) is 9.00. The van der Waals surface area contributed by atoms with Crippen molar-refractivity contribution in [2.45, 2.75) is 20.0 Å². The van der Waals surface area contributed by atoms with Crippen LogP contribution in [0.25, 0.3) is 0 Å². The Bertz CT molecular complexity index is 230. The molecule has 1 heterocycles. The molecule has 0 bridgehead atoms. The summed E-state index contributed by atoms with van der Waals surface area (Å²) in [5.41, 5.74) is 0. The summed E-state index contributed by atoms with van der Waals surface area (Å²) in [6, 6.07) is 0. The van der Waals surface area contributed by atoms with E-state index >= 15 is 0 Å². The molecular weight excluding hydrogens is 225 g/mol. The smallest absolute Gasteiger partial charge is 0.122 e. The van der Waals surface area contributed by atoms with E-state index in [4.69, 9.17) is 5.11 Å². The van der Waals surface area contributed by atoms with Gasteiger partial charge in [-0.2, -0.15) is 0 Å². The molecule has 0 fully saturated rings. The third kappa shape index (κ3) is 4.81. The molecule has 0 aliphatic heterocycles. The van der Waals surface area contributed by atoms with E-state index in [1.54, 1.807) is 6.20 Å². The Hall–Kier alpha value is -0.290. The molecule has 0 saturated carbocycles. The van der Waals surface area contributed by atoms with Crippen molar-refractivity contribution in [3.05, 3.63) is 18.2 Å². The first kappa shape index (κ1) is 16.2. The van der Waals surface area contributed by atoms with Crippen LogP contribution in [0.2, 0.25) is 0 Å². The highest BCUT2D eigenvalue weighted by Gasteiger charge is 1.98. The first-order valence-electron chi connectivity index (χ1n) is 4.20. The zero-order valence-corrected chi connectivity index (χ0v) is 9.77. The molecule has 84 valence electrons. The molecular formula is C8H17Cl2N3O. The Labute approximate surface area is 96.5 Å². The highest BCUT2D eigenvalue weighted by Crippen LogP contribution is 1.95. The van der Waals surface area contributed by atoms with Crippen LogP contribution in [0.15, 0.2) is 12.4 Å². The quantitative estimate of drug-likeness (QED) is 0.752. The van der Waals surface area contributed by atoms with Crippen LogP contribution in [0.5, 0.6) is 0 Å². The second-order valence-corrected chi connectivity index (χ2v) is 2.53. The van der Waals surface area contributed by atoms with E-state index in [0.29, 0.717) is 6.54 Å². The van der Waals surface area contributed by atoms with Gasteiger partial charge in [0.2, 0.25) is 0 Å². The van der Waals surface area contributed by atoms with Gasteiger partial charge in [-0.25, -0.2) is 4.98 Å². The number of halogens is 2. The van der Waals surface area contributed by atoms with Crippen LogP contribution in [-0.2, 0) is 13.1 Å². The summed E-state index contributed by atoms with van der Waals surface area (Å²) >= 11 is 0. The standard InChI is InChI=1S/C8H15N3O.2ClH/c1-2-11-5-3-10-8(11)7-9-4-6-12;;/h3,5,9,12H,2,4,6-7H2,1H3;2*1H. The fourth-order valence-corrected chi connectivity index (χ4v) is 1.07. The van der Waals surface area contributed by atoms with Crippen LogP contribution in [0.3, 0.4) is 0 Å². The van der Waals surface area contributed by atoms with Crippen LogP contribution >= 0.6 is 24.8 Å². The number of aliphatic hydroxyl groups excluding tert-OH is 1. The number of nitrogens with one attached hydrogen (secondary N) is 1. The number of hydrogen-bond donors (Lipinski definition) is 2. The molecule has 0 unspecified atom stereocenters. The lowest BCUT2D eigenvalue weighted by atomic mass is 10.5. The van der Waals surface area contributed by atoms with Crippen molar-refractivity contribution in [3.63, 3.8) is 0 Å². The van der Waals surface area contributed by atoms with Gasteiger partial charge in [-0.15, -0.1) is 24.8 Å². The lowest BCUT2D eigenvalue weighted by Gasteiger charge is -2.04. The fourth-order valence-electron chi connectivity index (χ4n) is 1.07. The van der Waals surface area contributed by atoms with Crippen molar-refractivity contribution in [1.82, 2.24) is 14.9 Å². The van der Waals surface area contributed by atoms with Crippen molar-refractivity contribution in [1.29, 1.82) is 0 Å². The second kappa shape index (κ2) is 9.27. The SMILES string of the molecule is CCn1ccnc1CNCCO.Cl.Cl. The minimum absolute atomic E-state index is 0. The van der Waals surface area contributed by atoms with Gasteiger partial charge in [0.05, 0.1) is 13.2 Å². The van der Waals surface area contributed by atoms with E-state index in [-0.39, 0.29) is 31.4 Å². The van der Waals surface area contributed by atoms with Gasteiger partial charge in [-0.3, -0.25) is 0 Å². The number of rotatable bonds is 5. The van der Waals surface area contributed by atoms with Gasteiger partial charge in [-0.05, 0) is 6.92 Å². The molecule has 0 aliphatic rings. The van der Waals surface area contributed by atoms with E-state index in [2.05, 4.69) is 21.8 Å². The molecule has 0 aliphatic carbocycles. The number of aromatic nitrogens is 2. The molecule has 0 spiro atoms. The van der Waals surface area contributed by atoms with Gasteiger partial charge in [0.15, 0.2) is 0 Å². The van der Waals surface area contributed by atoms with Gasteiger partial charge >= 0.3 is 0 Å². The van der Waals surface area contributed by atoms with Gasteiger partial charge < -0.3 is 15.0 Å². The summed E-state index contributed by atoms with van der Waals surface area (Å²) in [6.45, 7) is 4.54. The zero-order chi connectivity index (χ0) is 8.81. The number of imidazole rings is 1. The molecule has 0 saturated heterocycles. The van der Waals surface area contributed by atoms with Crippen LogP contribution in [0.4, 0.5) is 0 Å². The molecule has 0 radical (unpaired) electrons. The van der Waals surface area contributed by atoms with E-state index in [0.717, 1.165) is 18.9 Å². The number of aryl methyl sites for hydroxylation is 1. The molecule has 1 rings (SSSR count). The van der Waals surface area contributed by atoms with Gasteiger partial charge in [0.25, 0.3) is 0 Å². The summed E-state index contributed by atoms with van der Waals surface area (Å²) in [5, 5.41) is 11.6. The molecule has 2 N–H and O–H groups in total. The average Bonchev–Trinajstić information content (AvgIpc) is 2.52. The second-order valence-electron chi connectivity index (χ2n) is 2.53. The Morgan fingerprint density at radius 1 is 1.50 bits per heavy atom. The van der Waals surface area contributed by atoms with Crippen molar-refractivity contribution in [3.8, 4) is 0 Å². The van der Waals surface area contributed by atoms with Crippen LogP contribution in [-0.4, -0.2) is 27.8 Å². The van der Waals surface area contributed by atoms with Gasteiger partial charge in [0, 0.05) is 25.5 Å². The predicted octanol–water partition coefficient (Wildman–Crippen LogP) is 0.828. The first-order valence-corrected chi connectivity index (χ1v) is 4.20. The molecule has 1 aromatic heterocycles. The molecule has 6 heteroatoms. The Kier molecular flexibility index (Phi) is 10.7. The summed E-state index contributed by atoms with van der Waals surface area (Å²) in [7, 11) is 0. The number of nitrogens with zero attached hydrogens (tertiary/aromatic N) is 2. The van der Waals surface area contributed by atoms with E-state index in [1.165, 1.54) is 0 Å². The minimum Gasteiger partial charge on any atom is -0.395 e. The summed E-state index contributed by atoms with van der Waals surface area (Å²) in [6.07, 6.45) is 3.75. The average molecular weight is 242 g/mol. The zero-order valence-electron chi connectivity index (χ0n) is 8.14. The highest BCUT2D eigenvalue weighted by atomic mass is 35.5. The third-order valence-electron chi connectivity index (χ3n) is 1.71. The lowest BCUT2D eigenvalue weighted by Crippen LogP contribution is -2.20. The molecule has 0 atom stereocenters. The molecule has 14 heavy (non-hydrogen) atoms. The minimum atomic E-state index is 0. The van der Waals surface area contributed by atoms with Crippen molar-refractivity contribution in [2.24, 2.45) is 0 Å². The summed E-state index contributed by atoms with van der Waals surface area (Å²) in [4.78, 5) is 4.18. The predicted molar refractivity (Wildman–Crippen MR) is 61.2 cm³/mol. The maximum absolute atomic E-state index is 8.53. The lowest BCUT2D eigenvalue weighted by molar-refractivity contribution is 0.291. The van der Waals surface area contributed by atoms with Crippen LogP contribution in [0, 0.1) is 0 Å².